The minimum atomic E-state index is -2.96. The first-order valence-electron chi connectivity index (χ1n) is 7.91. The molecule has 0 aliphatic carbocycles. The zero-order valence-electron chi connectivity index (χ0n) is 12.9. The van der Waals surface area contributed by atoms with Crippen molar-refractivity contribution >= 4 is 22.4 Å². The van der Waals surface area contributed by atoms with E-state index < -0.39 is 10.0 Å². The number of nitrogens with zero attached hydrogens (tertiary/aromatic N) is 2. The van der Waals surface area contributed by atoms with Gasteiger partial charge >= 0.3 is 0 Å². The zero-order valence-corrected chi connectivity index (χ0v) is 14.5. The molecule has 0 aromatic rings. The Hall–Kier alpha value is 0.120. The summed E-state index contributed by atoms with van der Waals surface area (Å²) in [7, 11) is -2.96. The van der Waals surface area contributed by atoms with Crippen LogP contribution in [0.25, 0.3) is 0 Å². The van der Waals surface area contributed by atoms with E-state index in [9.17, 15) is 8.42 Å². The van der Waals surface area contributed by atoms with Gasteiger partial charge in [0.05, 0.1) is 5.75 Å². The van der Waals surface area contributed by atoms with E-state index in [0.29, 0.717) is 11.2 Å². The number of hydrogen-bond acceptors (Lipinski definition) is 4. The van der Waals surface area contributed by atoms with Crippen LogP contribution in [0.5, 0.6) is 0 Å². The summed E-state index contributed by atoms with van der Waals surface area (Å²) in [6, 6.07) is 0.217. The van der Waals surface area contributed by atoms with E-state index in [1.165, 1.54) is 6.42 Å². The molecule has 3 saturated heterocycles. The minimum absolute atomic E-state index is 0. The summed E-state index contributed by atoms with van der Waals surface area (Å²) in [4.78, 5) is 2.50. The molecule has 2 atom stereocenters. The van der Waals surface area contributed by atoms with Crippen LogP contribution in [0.4, 0.5) is 0 Å². The van der Waals surface area contributed by atoms with Crippen molar-refractivity contribution in [3.8, 4) is 0 Å². The van der Waals surface area contributed by atoms with E-state index in [2.05, 4.69) is 17.1 Å². The first-order chi connectivity index (χ1) is 9.49. The summed E-state index contributed by atoms with van der Waals surface area (Å²) in [6.07, 6.45) is 4.20. The average molecular weight is 338 g/mol. The molecule has 0 saturated carbocycles. The number of sulfonamides is 1. The van der Waals surface area contributed by atoms with E-state index in [0.717, 1.165) is 58.5 Å². The Morgan fingerprint density at radius 3 is 2.71 bits per heavy atom. The summed E-state index contributed by atoms with van der Waals surface area (Å²) >= 11 is 0. The maximum absolute atomic E-state index is 12.1. The fourth-order valence-corrected chi connectivity index (χ4v) is 5.78. The molecule has 3 fully saturated rings. The zero-order chi connectivity index (χ0) is 14.2. The van der Waals surface area contributed by atoms with Crippen molar-refractivity contribution in [1.29, 1.82) is 0 Å². The van der Waals surface area contributed by atoms with Crippen molar-refractivity contribution in [1.82, 2.24) is 14.5 Å². The van der Waals surface area contributed by atoms with Crippen LogP contribution < -0.4 is 5.32 Å². The molecular weight excluding hydrogens is 310 g/mol. The van der Waals surface area contributed by atoms with Gasteiger partial charge in [0.2, 0.25) is 10.0 Å². The predicted octanol–water partition coefficient (Wildman–Crippen LogP) is 0.908. The number of piperidine rings is 1. The Labute approximate surface area is 134 Å². The molecule has 0 amide bonds. The maximum Gasteiger partial charge on any atom is 0.214 e. The molecule has 3 aliphatic heterocycles. The summed E-state index contributed by atoms with van der Waals surface area (Å²) in [6.45, 7) is 8.45. The van der Waals surface area contributed by atoms with Gasteiger partial charge in [-0.15, -0.1) is 12.4 Å². The lowest BCUT2D eigenvalue weighted by Gasteiger charge is -2.40. The maximum atomic E-state index is 12.1. The lowest BCUT2D eigenvalue weighted by molar-refractivity contribution is 0.110. The molecule has 0 bridgehead atoms. The highest BCUT2D eigenvalue weighted by Crippen LogP contribution is 2.29. The summed E-state index contributed by atoms with van der Waals surface area (Å²) in [5.74, 6) is 0.352. The van der Waals surface area contributed by atoms with Crippen molar-refractivity contribution in [2.75, 3.05) is 45.0 Å². The SMILES string of the molecule is CC1(CN2CCCC(N3CCCS3(=O)=O)C2)CCNC1.Cl. The van der Waals surface area contributed by atoms with Crippen molar-refractivity contribution in [3.05, 3.63) is 0 Å². The standard InChI is InChI=1S/C14H27N3O2S.ClH/c1-14(5-6-15-11-14)12-16-7-2-4-13(10-16)17-8-3-9-20(17,18)19;/h13,15H,2-12H2,1H3;1H. The second-order valence-electron chi connectivity index (χ2n) is 7.05. The third-order valence-electron chi connectivity index (χ3n) is 5.09. The molecule has 3 heterocycles. The first kappa shape index (κ1) is 17.5. The predicted molar refractivity (Wildman–Crippen MR) is 87.4 cm³/mol. The highest BCUT2D eigenvalue weighted by atomic mass is 35.5. The quantitative estimate of drug-likeness (QED) is 0.831. The topological polar surface area (TPSA) is 52.7 Å². The van der Waals surface area contributed by atoms with Crippen LogP contribution >= 0.6 is 12.4 Å². The first-order valence-corrected chi connectivity index (χ1v) is 9.52. The Morgan fingerprint density at radius 1 is 1.29 bits per heavy atom. The molecule has 0 aromatic heterocycles. The highest BCUT2D eigenvalue weighted by Gasteiger charge is 2.38. The van der Waals surface area contributed by atoms with Gasteiger partial charge in [-0.05, 0) is 44.2 Å². The molecule has 124 valence electrons. The molecular formula is C14H28ClN3O2S. The van der Waals surface area contributed by atoms with Crippen LogP contribution in [0.2, 0.25) is 0 Å². The number of hydrogen-bond donors (Lipinski definition) is 1. The van der Waals surface area contributed by atoms with E-state index in [4.69, 9.17) is 0 Å². The van der Waals surface area contributed by atoms with Crippen LogP contribution in [-0.2, 0) is 10.0 Å². The van der Waals surface area contributed by atoms with Crippen LogP contribution in [0.15, 0.2) is 0 Å². The number of rotatable bonds is 3. The van der Waals surface area contributed by atoms with Gasteiger partial charge < -0.3 is 10.2 Å². The van der Waals surface area contributed by atoms with Gasteiger partial charge in [0.25, 0.3) is 0 Å². The van der Waals surface area contributed by atoms with Crippen LogP contribution in [0, 0.1) is 5.41 Å². The summed E-state index contributed by atoms with van der Waals surface area (Å²) < 4.78 is 25.9. The van der Waals surface area contributed by atoms with E-state index >= 15 is 0 Å². The fourth-order valence-electron chi connectivity index (χ4n) is 4.02. The van der Waals surface area contributed by atoms with Crippen molar-refractivity contribution in [3.63, 3.8) is 0 Å². The van der Waals surface area contributed by atoms with Crippen LogP contribution in [0.3, 0.4) is 0 Å². The van der Waals surface area contributed by atoms with E-state index in [1.807, 2.05) is 0 Å². The minimum Gasteiger partial charge on any atom is -0.316 e. The van der Waals surface area contributed by atoms with Gasteiger partial charge in [0, 0.05) is 32.2 Å². The normalized spacial score (nSPS) is 37.5. The molecule has 21 heavy (non-hydrogen) atoms. The average Bonchev–Trinajstić information content (AvgIpc) is 2.95. The van der Waals surface area contributed by atoms with Crippen molar-refractivity contribution < 1.29 is 8.42 Å². The Morgan fingerprint density at radius 2 is 2.10 bits per heavy atom. The van der Waals surface area contributed by atoms with Gasteiger partial charge in [-0.2, -0.15) is 4.31 Å². The fraction of sp³-hybridized carbons (Fsp3) is 1.00. The largest absolute Gasteiger partial charge is 0.316 e. The van der Waals surface area contributed by atoms with Gasteiger partial charge in [-0.1, -0.05) is 6.92 Å². The Bertz CT molecular complexity index is 451. The van der Waals surface area contributed by atoms with Crippen LogP contribution in [0.1, 0.15) is 32.6 Å². The molecule has 0 radical (unpaired) electrons. The number of likely N-dealkylation sites (tertiary alicyclic amines) is 1. The van der Waals surface area contributed by atoms with Crippen molar-refractivity contribution in [2.24, 2.45) is 5.41 Å². The summed E-state index contributed by atoms with van der Waals surface area (Å²) in [5, 5.41) is 3.45. The molecule has 1 N–H and O–H groups in total. The highest BCUT2D eigenvalue weighted by molar-refractivity contribution is 7.89. The number of nitrogens with one attached hydrogen (secondary N) is 1. The Balaban J connectivity index is 0.00000161. The lowest BCUT2D eigenvalue weighted by atomic mass is 9.88. The van der Waals surface area contributed by atoms with Gasteiger partial charge in [0.1, 0.15) is 0 Å². The van der Waals surface area contributed by atoms with E-state index in [-0.39, 0.29) is 18.4 Å². The second kappa shape index (κ2) is 6.71. The molecule has 3 aliphatic rings. The molecule has 7 heteroatoms. The molecule has 0 spiro atoms. The number of halogens is 1. The molecule has 0 aromatic carbocycles. The van der Waals surface area contributed by atoms with Crippen LogP contribution in [-0.4, -0.2) is 68.7 Å². The smallest absolute Gasteiger partial charge is 0.214 e. The van der Waals surface area contributed by atoms with Gasteiger partial charge in [-0.3, -0.25) is 0 Å². The summed E-state index contributed by atoms with van der Waals surface area (Å²) in [5.41, 5.74) is 0.367. The third kappa shape index (κ3) is 3.91. The third-order valence-corrected chi connectivity index (χ3v) is 7.09. The molecule has 3 rings (SSSR count). The second-order valence-corrected chi connectivity index (χ2v) is 9.09. The van der Waals surface area contributed by atoms with Crippen molar-refractivity contribution in [2.45, 2.75) is 38.6 Å². The van der Waals surface area contributed by atoms with Gasteiger partial charge in [-0.25, -0.2) is 8.42 Å². The van der Waals surface area contributed by atoms with E-state index in [1.54, 1.807) is 4.31 Å². The molecule has 5 nitrogen and oxygen atoms in total. The Kier molecular flexibility index (Phi) is 5.58. The monoisotopic (exact) mass is 337 g/mol. The van der Waals surface area contributed by atoms with Gasteiger partial charge in [0.15, 0.2) is 0 Å². The lowest BCUT2D eigenvalue weighted by Crippen LogP contribution is -2.51. The molecule has 2 unspecified atom stereocenters.